The molecule has 0 bridgehead atoms. The Balaban J connectivity index is 2.06. The van der Waals surface area contributed by atoms with E-state index in [1.54, 1.807) is 0 Å². The first-order chi connectivity index (χ1) is 9.35. The quantitative estimate of drug-likeness (QED) is 0.874. The number of nitrogens with one attached hydrogen (secondary N) is 1. The Morgan fingerprint density at radius 1 is 1.21 bits per heavy atom. The van der Waals surface area contributed by atoms with Crippen molar-refractivity contribution in [2.75, 3.05) is 13.2 Å². The van der Waals surface area contributed by atoms with Crippen LogP contribution in [-0.4, -0.2) is 23.2 Å². The summed E-state index contributed by atoms with van der Waals surface area (Å²) in [5, 5.41) is 0. The predicted molar refractivity (Wildman–Crippen MR) is 75.4 cm³/mol. The summed E-state index contributed by atoms with van der Waals surface area (Å²) in [7, 11) is 0. The third kappa shape index (κ3) is 2.28. The van der Waals surface area contributed by atoms with Gasteiger partial charge in [-0.15, -0.1) is 11.6 Å². The molecule has 0 spiro atoms. The number of imidazole rings is 1. The van der Waals surface area contributed by atoms with Crippen molar-refractivity contribution in [3.63, 3.8) is 0 Å². The Hall–Kier alpha value is -1.32. The van der Waals surface area contributed by atoms with Crippen LogP contribution in [0.2, 0.25) is 0 Å². The molecule has 3 nitrogen and oxygen atoms in total. The maximum absolute atomic E-state index is 5.87. The molecule has 0 saturated carbocycles. The van der Waals surface area contributed by atoms with Crippen LogP contribution in [0.5, 0.6) is 0 Å². The van der Waals surface area contributed by atoms with Gasteiger partial charge in [0.15, 0.2) is 0 Å². The summed E-state index contributed by atoms with van der Waals surface area (Å²) in [6, 6.07) is 10.6. The Bertz CT molecular complexity index is 532. The summed E-state index contributed by atoms with van der Waals surface area (Å²) in [5.74, 6) is 1.48. The number of hydrogen-bond acceptors (Lipinski definition) is 2. The molecule has 3 rings (SSSR count). The molecule has 0 radical (unpaired) electrons. The molecule has 0 aliphatic carbocycles. The minimum Gasteiger partial charge on any atom is -0.381 e. The first kappa shape index (κ1) is 12.7. The number of hydrogen-bond donors (Lipinski definition) is 1. The van der Waals surface area contributed by atoms with Crippen LogP contribution in [0.4, 0.5) is 0 Å². The van der Waals surface area contributed by atoms with Crippen molar-refractivity contribution in [2.24, 2.45) is 0 Å². The fraction of sp³-hybridized carbons (Fsp3) is 0.400. The Labute approximate surface area is 118 Å². The Kier molecular flexibility index (Phi) is 3.58. The van der Waals surface area contributed by atoms with E-state index in [2.05, 4.69) is 34.2 Å². The van der Waals surface area contributed by atoms with Gasteiger partial charge in [0.1, 0.15) is 5.82 Å². The van der Waals surface area contributed by atoms with Crippen LogP contribution in [0.3, 0.4) is 0 Å². The molecule has 1 aliphatic rings. The normalized spacial score (nSPS) is 18.4. The van der Waals surface area contributed by atoms with Gasteiger partial charge < -0.3 is 9.72 Å². The van der Waals surface area contributed by atoms with Crippen LogP contribution in [0.25, 0.3) is 0 Å². The predicted octanol–water partition coefficient (Wildman–Crippen LogP) is 3.25. The summed E-state index contributed by atoms with van der Waals surface area (Å²) in [5.41, 5.74) is 2.20. The molecule has 0 amide bonds. The lowest BCUT2D eigenvalue weighted by molar-refractivity contribution is 0.0607. The Morgan fingerprint density at radius 2 is 1.95 bits per heavy atom. The fourth-order valence-corrected chi connectivity index (χ4v) is 2.95. The highest BCUT2D eigenvalue weighted by Gasteiger charge is 2.38. The van der Waals surface area contributed by atoms with Crippen LogP contribution in [0.15, 0.2) is 36.5 Å². The van der Waals surface area contributed by atoms with E-state index in [1.807, 2.05) is 12.3 Å². The minimum absolute atomic E-state index is 0.0657. The van der Waals surface area contributed by atoms with Gasteiger partial charge in [-0.2, -0.15) is 0 Å². The highest BCUT2D eigenvalue weighted by Crippen LogP contribution is 2.39. The van der Waals surface area contributed by atoms with E-state index >= 15 is 0 Å². The molecule has 1 fully saturated rings. The monoisotopic (exact) mass is 276 g/mol. The van der Waals surface area contributed by atoms with Gasteiger partial charge in [-0.25, -0.2) is 4.98 Å². The zero-order chi connectivity index (χ0) is 13.1. The molecule has 1 N–H and O–H groups in total. The lowest BCUT2D eigenvalue weighted by Gasteiger charge is -2.36. The summed E-state index contributed by atoms with van der Waals surface area (Å²) in [6.07, 6.45) is 3.74. The van der Waals surface area contributed by atoms with Crippen LogP contribution >= 0.6 is 11.6 Å². The standard InChI is InChI=1S/C15H17ClN2O/c16-10-13-11-17-14(18-13)15(6-8-19-9-7-15)12-4-2-1-3-5-12/h1-5,11H,6-10H2,(H,17,18). The molecule has 1 aromatic heterocycles. The van der Waals surface area contributed by atoms with Crippen molar-refractivity contribution in [1.82, 2.24) is 9.97 Å². The number of H-pyrrole nitrogens is 1. The zero-order valence-electron chi connectivity index (χ0n) is 10.7. The third-order valence-corrected chi connectivity index (χ3v) is 4.19. The van der Waals surface area contributed by atoms with Gasteiger partial charge in [-0.3, -0.25) is 0 Å². The van der Waals surface area contributed by atoms with Crippen molar-refractivity contribution in [3.05, 3.63) is 53.6 Å². The molecule has 2 heterocycles. The first-order valence-electron chi connectivity index (χ1n) is 6.59. The second-order valence-corrected chi connectivity index (χ2v) is 5.22. The SMILES string of the molecule is ClCc1cnc(C2(c3ccccc3)CCOCC2)[nH]1. The average Bonchev–Trinajstić information content (AvgIpc) is 2.98. The van der Waals surface area contributed by atoms with Crippen molar-refractivity contribution < 1.29 is 4.74 Å². The number of aromatic amines is 1. The summed E-state index contributed by atoms with van der Waals surface area (Å²) >= 11 is 5.87. The topological polar surface area (TPSA) is 37.9 Å². The first-order valence-corrected chi connectivity index (χ1v) is 7.12. The largest absolute Gasteiger partial charge is 0.381 e. The highest BCUT2D eigenvalue weighted by molar-refractivity contribution is 6.16. The van der Waals surface area contributed by atoms with Crippen LogP contribution in [0.1, 0.15) is 29.9 Å². The van der Waals surface area contributed by atoms with Gasteiger partial charge >= 0.3 is 0 Å². The number of alkyl halides is 1. The van der Waals surface area contributed by atoms with Gasteiger partial charge in [-0.1, -0.05) is 30.3 Å². The smallest absolute Gasteiger partial charge is 0.117 e. The van der Waals surface area contributed by atoms with Crippen molar-refractivity contribution in [2.45, 2.75) is 24.1 Å². The highest BCUT2D eigenvalue weighted by atomic mass is 35.5. The number of aromatic nitrogens is 2. The molecular formula is C15H17ClN2O. The van der Waals surface area contributed by atoms with Crippen molar-refractivity contribution in [3.8, 4) is 0 Å². The van der Waals surface area contributed by atoms with E-state index in [0.29, 0.717) is 5.88 Å². The van der Waals surface area contributed by atoms with E-state index in [0.717, 1.165) is 37.6 Å². The van der Waals surface area contributed by atoms with E-state index in [9.17, 15) is 0 Å². The Morgan fingerprint density at radius 3 is 2.58 bits per heavy atom. The van der Waals surface area contributed by atoms with Gasteiger partial charge in [0.2, 0.25) is 0 Å². The number of nitrogens with zero attached hydrogens (tertiary/aromatic N) is 1. The van der Waals surface area contributed by atoms with Gasteiger partial charge in [0.25, 0.3) is 0 Å². The van der Waals surface area contributed by atoms with Gasteiger partial charge in [0, 0.05) is 25.1 Å². The third-order valence-electron chi connectivity index (χ3n) is 3.90. The summed E-state index contributed by atoms with van der Waals surface area (Å²) in [4.78, 5) is 7.94. The zero-order valence-corrected chi connectivity index (χ0v) is 11.5. The lowest BCUT2D eigenvalue weighted by Crippen LogP contribution is -2.36. The van der Waals surface area contributed by atoms with Crippen LogP contribution in [0, 0.1) is 0 Å². The second kappa shape index (κ2) is 5.35. The number of ether oxygens (including phenoxy) is 1. The molecule has 0 atom stereocenters. The van der Waals surface area contributed by atoms with Crippen LogP contribution in [-0.2, 0) is 16.0 Å². The van der Waals surface area contributed by atoms with Gasteiger partial charge in [-0.05, 0) is 18.4 Å². The molecular weight excluding hydrogens is 260 g/mol. The minimum atomic E-state index is -0.0657. The maximum atomic E-state index is 5.87. The summed E-state index contributed by atoms with van der Waals surface area (Å²) in [6.45, 7) is 1.54. The summed E-state index contributed by atoms with van der Waals surface area (Å²) < 4.78 is 5.53. The van der Waals surface area contributed by atoms with Crippen molar-refractivity contribution >= 4 is 11.6 Å². The molecule has 2 aromatic rings. The lowest BCUT2D eigenvalue weighted by atomic mass is 9.73. The van der Waals surface area contributed by atoms with Crippen molar-refractivity contribution in [1.29, 1.82) is 0 Å². The second-order valence-electron chi connectivity index (χ2n) is 4.95. The number of benzene rings is 1. The van der Waals surface area contributed by atoms with E-state index in [1.165, 1.54) is 5.56 Å². The molecule has 4 heteroatoms. The fourth-order valence-electron chi connectivity index (χ4n) is 2.81. The van der Waals surface area contributed by atoms with E-state index in [4.69, 9.17) is 16.3 Å². The molecule has 1 aromatic carbocycles. The van der Waals surface area contributed by atoms with E-state index < -0.39 is 0 Å². The molecule has 1 aliphatic heterocycles. The molecule has 100 valence electrons. The van der Waals surface area contributed by atoms with Crippen LogP contribution < -0.4 is 0 Å². The number of halogens is 1. The number of rotatable bonds is 3. The molecule has 1 saturated heterocycles. The van der Waals surface area contributed by atoms with E-state index in [-0.39, 0.29) is 5.41 Å². The maximum Gasteiger partial charge on any atom is 0.117 e. The average molecular weight is 277 g/mol. The molecule has 19 heavy (non-hydrogen) atoms. The van der Waals surface area contributed by atoms with Gasteiger partial charge in [0.05, 0.1) is 11.3 Å². The molecule has 0 unspecified atom stereocenters.